The molecule has 0 rings (SSSR count). The monoisotopic (exact) mass is 153 g/mol. The van der Waals surface area contributed by atoms with Gasteiger partial charge in [0, 0.05) is 12.7 Å². The van der Waals surface area contributed by atoms with E-state index in [1.807, 2.05) is 13.8 Å². The third-order valence-electron chi connectivity index (χ3n) is 1.25. The van der Waals surface area contributed by atoms with Crippen LogP contribution in [0.2, 0.25) is 0 Å². The van der Waals surface area contributed by atoms with Crippen LogP contribution >= 0.6 is 0 Å². The molecule has 0 atom stereocenters. The van der Waals surface area contributed by atoms with Gasteiger partial charge in [-0.3, -0.25) is 4.99 Å². The first-order chi connectivity index (χ1) is 5.11. The highest BCUT2D eigenvalue weighted by Gasteiger charge is 1.94. The summed E-state index contributed by atoms with van der Waals surface area (Å²) in [7, 11) is 1.63. The Morgan fingerprint density at radius 1 is 1.55 bits per heavy atom. The van der Waals surface area contributed by atoms with E-state index in [0.29, 0.717) is 5.96 Å². The van der Waals surface area contributed by atoms with Crippen molar-refractivity contribution in [2.75, 3.05) is 7.05 Å². The zero-order valence-electron chi connectivity index (χ0n) is 7.31. The van der Waals surface area contributed by atoms with Gasteiger partial charge in [0.2, 0.25) is 0 Å². The van der Waals surface area contributed by atoms with Crippen LogP contribution in [-0.4, -0.2) is 13.0 Å². The summed E-state index contributed by atoms with van der Waals surface area (Å²) in [6, 6.07) is 0. The molecule has 62 valence electrons. The lowest BCUT2D eigenvalue weighted by Crippen LogP contribution is -2.30. The number of aliphatic imine (C=N–C) groups is 1. The van der Waals surface area contributed by atoms with Gasteiger partial charge in [-0.2, -0.15) is 0 Å². The zero-order chi connectivity index (χ0) is 8.85. The average molecular weight is 153 g/mol. The molecule has 0 saturated carbocycles. The van der Waals surface area contributed by atoms with Crippen LogP contribution in [0, 0.1) is 0 Å². The van der Waals surface area contributed by atoms with E-state index in [9.17, 15) is 0 Å². The minimum absolute atomic E-state index is 0.404. The molecule has 0 aromatic heterocycles. The molecule has 0 radical (unpaired) electrons. The van der Waals surface area contributed by atoms with Gasteiger partial charge in [0.1, 0.15) is 0 Å². The number of guanidine groups is 1. The van der Waals surface area contributed by atoms with Crippen molar-refractivity contribution in [1.29, 1.82) is 0 Å². The molecule has 0 unspecified atom stereocenters. The molecule has 0 aliphatic carbocycles. The third kappa shape index (κ3) is 3.45. The Bertz CT molecular complexity index is 197. The molecule has 3 N–H and O–H groups in total. The van der Waals surface area contributed by atoms with E-state index in [1.165, 1.54) is 0 Å². The molecule has 0 aliphatic rings. The largest absolute Gasteiger partial charge is 0.370 e. The predicted molar refractivity (Wildman–Crippen MR) is 49.3 cm³/mol. The average Bonchev–Trinajstić information content (AvgIpc) is 1.99. The minimum atomic E-state index is 0.404. The van der Waals surface area contributed by atoms with Crippen molar-refractivity contribution in [3.8, 4) is 0 Å². The van der Waals surface area contributed by atoms with Gasteiger partial charge in [-0.25, -0.2) is 0 Å². The molecule has 3 heteroatoms. The van der Waals surface area contributed by atoms with Gasteiger partial charge in [-0.15, -0.1) is 0 Å². The normalized spacial score (nSPS) is 10.6. The number of nitrogens with two attached hydrogens (primary N) is 1. The summed E-state index contributed by atoms with van der Waals surface area (Å²) in [5.74, 6) is 0.404. The minimum Gasteiger partial charge on any atom is -0.370 e. The molecule has 0 aromatic carbocycles. The summed E-state index contributed by atoms with van der Waals surface area (Å²) in [4.78, 5) is 3.76. The van der Waals surface area contributed by atoms with Crippen molar-refractivity contribution in [3.05, 3.63) is 23.9 Å². The zero-order valence-corrected chi connectivity index (χ0v) is 7.31. The van der Waals surface area contributed by atoms with Crippen molar-refractivity contribution < 1.29 is 0 Å². The van der Waals surface area contributed by atoms with Gasteiger partial charge in [0.05, 0.1) is 0 Å². The summed E-state index contributed by atoms with van der Waals surface area (Å²) in [6.45, 7) is 7.60. The fourth-order valence-electron chi connectivity index (χ4n) is 0.574. The van der Waals surface area contributed by atoms with Gasteiger partial charge in [-0.05, 0) is 19.9 Å². The topological polar surface area (TPSA) is 50.4 Å². The lowest BCUT2D eigenvalue weighted by Gasteiger charge is -2.06. The highest BCUT2D eigenvalue weighted by Crippen LogP contribution is 1.98. The quantitative estimate of drug-likeness (QED) is 0.353. The van der Waals surface area contributed by atoms with Crippen LogP contribution < -0.4 is 11.1 Å². The molecule has 0 saturated heterocycles. The Hall–Kier alpha value is -1.25. The number of rotatable bonds is 2. The molecular weight excluding hydrogens is 138 g/mol. The van der Waals surface area contributed by atoms with Crippen molar-refractivity contribution in [3.63, 3.8) is 0 Å². The Kier molecular flexibility index (Phi) is 4.03. The highest BCUT2D eigenvalue weighted by atomic mass is 15.1. The molecule has 0 heterocycles. The second-order valence-electron chi connectivity index (χ2n) is 2.35. The van der Waals surface area contributed by atoms with E-state index in [1.54, 1.807) is 13.1 Å². The number of hydrogen-bond acceptors (Lipinski definition) is 1. The maximum absolute atomic E-state index is 5.44. The van der Waals surface area contributed by atoms with Crippen LogP contribution in [0.15, 0.2) is 28.9 Å². The van der Waals surface area contributed by atoms with Gasteiger partial charge < -0.3 is 11.1 Å². The Morgan fingerprint density at radius 2 is 2.09 bits per heavy atom. The van der Waals surface area contributed by atoms with Gasteiger partial charge >= 0.3 is 0 Å². The van der Waals surface area contributed by atoms with Crippen molar-refractivity contribution in [2.45, 2.75) is 13.8 Å². The van der Waals surface area contributed by atoms with Gasteiger partial charge in [-0.1, -0.05) is 12.2 Å². The Labute approximate surface area is 67.7 Å². The highest BCUT2D eigenvalue weighted by molar-refractivity contribution is 5.80. The van der Waals surface area contributed by atoms with Gasteiger partial charge in [0.15, 0.2) is 5.96 Å². The molecular formula is C8H15N3. The lowest BCUT2D eigenvalue weighted by atomic mass is 10.2. The van der Waals surface area contributed by atoms with Crippen molar-refractivity contribution in [2.24, 2.45) is 10.7 Å². The fraction of sp³-hybridized carbons (Fsp3) is 0.375. The molecule has 0 bridgehead atoms. The van der Waals surface area contributed by atoms with E-state index in [0.717, 1.165) is 11.3 Å². The van der Waals surface area contributed by atoms with Crippen LogP contribution in [0.1, 0.15) is 13.8 Å². The maximum Gasteiger partial charge on any atom is 0.192 e. The van der Waals surface area contributed by atoms with Crippen LogP contribution in [0.3, 0.4) is 0 Å². The van der Waals surface area contributed by atoms with E-state index in [-0.39, 0.29) is 0 Å². The maximum atomic E-state index is 5.44. The number of nitrogens with zero attached hydrogens (tertiary/aromatic N) is 1. The molecule has 11 heavy (non-hydrogen) atoms. The van der Waals surface area contributed by atoms with E-state index in [4.69, 9.17) is 5.73 Å². The summed E-state index contributed by atoms with van der Waals surface area (Å²) in [5, 5.41) is 2.91. The molecule has 3 nitrogen and oxygen atoms in total. The van der Waals surface area contributed by atoms with E-state index >= 15 is 0 Å². The SMILES string of the molecule is C=CC(NC(N)=NC)=C(C)C. The Balaban J connectivity index is 4.35. The summed E-state index contributed by atoms with van der Waals surface area (Å²) < 4.78 is 0. The van der Waals surface area contributed by atoms with Crippen molar-refractivity contribution >= 4 is 5.96 Å². The summed E-state index contributed by atoms with van der Waals surface area (Å²) in [6.07, 6.45) is 1.72. The molecule has 0 aromatic rings. The molecule has 0 aliphatic heterocycles. The van der Waals surface area contributed by atoms with E-state index < -0.39 is 0 Å². The van der Waals surface area contributed by atoms with Crippen LogP contribution in [0.4, 0.5) is 0 Å². The number of nitrogens with one attached hydrogen (secondary N) is 1. The number of hydrogen-bond donors (Lipinski definition) is 2. The second-order valence-corrected chi connectivity index (χ2v) is 2.35. The van der Waals surface area contributed by atoms with Gasteiger partial charge in [0.25, 0.3) is 0 Å². The van der Waals surface area contributed by atoms with Crippen LogP contribution in [0.25, 0.3) is 0 Å². The van der Waals surface area contributed by atoms with E-state index in [2.05, 4.69) is 16.9 Å². The van der Waals surface area contributed by atoms with Crippen molar-refractivity contribution in [1.82, 2.24) is 5.32 Å². The summed E-state index contributed by atoms with van der Waals surface area (Å²) in [5.41, 5.74) is 7.49. The van der Waals surface area contributed by atoms with Crippen LogP contribution in [-0.2, 0) is 0 Å². The third-order valence-corrected chi connectivity index (χ3v) is 1.25. The predicted octanol–water partition coefficient (Wildman–Crippen LogP) is 1.00. The standard InChI is InChI=1S/C8H15N3/c1-5-7(6(2)3)11-8(9)10-4/h5H,1H2,2-4H3,(H3,9,10,11). The lowest BCUT2D eigenvalue weighted by molar-refractivity contribution is 1.09. The second kappa shape index (κ2) is 4.55. The summed E-state index contributed by atoms with van der Waals surface area (Å²) >= 11 is 0. The molecule has 0 fully saturated rings. The first kappa shape index (κ1) is 9.75. The molecule has 0 spiro atoms. The number of allylic oxidation sites excluding steroid dienone is 2. The fourth-order valence-corrected chi connectivity index (χ4v) is 0.574. The Morgan fingerprint density at radius 3 is 2.36 bits per heavy atom. The first-order valence-electron chi connectivity index (χ1n) is 3.41. The van der Waals surface area contributed by atoms with Crippen LogP contribution in [0.5, 0.6) is 0 Å². The smallest absolute Gasteiger partial charge is 0.192 e. The first-order valence-corrected chi connectivity index (χ1v) is 3.41. The molecule has 0 amide bonds.